The third-order valence-corrected chi connectivity index (χ3v) is 3.44. The summed E-state index contributed by atoms with van der Waals surface area (Å²) in [5, 5.41) is 0. The quantitative estimate of drug-likeness (QED) is 0.787. The van der Waals surface area contributed by atoms with Crippen molar-refractivity contribution < 1.29 is 4.42 Å². The second-order valence-corrected chi connectivity index (χ2v) is 5.10. The lowest BCUT2D eigenvalue weighted by Crippen LogP contribution is -1.95. The molecule has 0 aliphatic rings. The molecule has 20 heavy (non-hydrogen) atoms. The molecular formula is C17H18N2O. The van der Waals surface area contributed by atoms with Crippen LogP contribution in [0.2, 0.25) is 0 Å². The summed E-state index contributed by atoms with van der Waals surface area (Å²) >= 11 is 0. The summed E-state index contributed by atoms with van der Waals surface area (Å²) < 4.78 is 5.77. The topological polar surface area (TPSA) is 52.0 Å². The minimum Gasteiger partial charge on any atom is -0.441 e. The van der Waals surface area contributed by atoms with Crippen LogP contribution >= 0.6 is 0 Å². The molecule has 3 rings (SSSR count). The van der Waals surface area contributed by atoms with Gasteiger partial charge in [0, 0.05) is 13.0 Å². The van der Waals surface area contributed by atoms with E-state index in [-0.39, 0.29) is 0 Å². The summed E-state index contributed by atoms with van der Waals surface area (Å²) in [4.78, 5) is 4.54. The molecule has 0 radical (unpaired) electrons. The second kappa shape index (κ2) is 5.47. The number of rotatable bonds is 4. The molecule has 0 saturated carbocycles. The first-order chi connectivity index (χ1) is 9.74. The van der Waals surface area contributed by atoms with Crippen molar-refractivity contribution in [1.82, 2.24) is 4.98 Å². The Labute approximate surface area is 118 Å². The van der Waals surface area contributed by atoms with Gasteiger partial charge in [0.1, 0.15) is 5.52 Å². The molecule has 3 aromatic rings. The van der Waals surface area contributed by atoms with Gasteiger partial charge >= 0.3 is 0 Å². The van der Waals surface area contributed by atoms with Crippen molar-refractivity contribution in [2.45, 2.75) is 26.3 Å². The van der Waals surface area contributed by atoms with Crippen molar-refractivity contribution in [2.75, 3.05) is 0 Å². The van der Waals surface area contributed by atoms with Crippen molar-refractivity contribution in [1.29, 1.82) is 0 Å². The van der Waals surface area contributed by atoms with Crippen LogP contribution in [0.3, 0.4) is 0 Å². The Hall–Kier alpha value is -2.13. The smallest absolute Gasteiger partial charge is 0.195 e. The SMILES string of the molecule is Cc1cccc(CCc2nc3cc(CN)ccc3o2)c1. The summed E-state index contributed by atoms with van der Waals surface area (Å²) in [6, 6.07) is 14.5. The van der Waals surface area contributed by atoms with Crippen LogP contribution in [-0.2, 0) is 19.4 Å². The zero-order valence-electron chi connectivity index (χ0n) is 11.6. The van der Waals surface area contributed by atoms with E-state index in [1.54, 1.807) is 0 Å². The Bertz CT molecular complexity index is 731. The van der Waals surface area contributed by atoms with E-state index in [9.17, 15) is 0 Å². The van der Waals surface area contributed by atoms with E-state index in [2.05, 4.69) is 36.2 Å². The lowest BCUT2D eigenvalue weighted by molar-refractivity contribution is 0.528. The van der Waals surface area contributed by atoms with Crippen LogP contribution < -0.4 is 5.73 Å². The number of oxazole rings is 1. The predicted octanol–water partition coefficient (Wildman–Crippen LogP) is 3.38. The maximum atomic E-state index is 5.77. The normalized spacial score (nSPS) is 11.1. The summed E-state index contributed by atoms with van der Waals surface area (Å²) in [5.41, 5.74) is 11.0. The molecule has 1 heterocycles. The van der Waals surface area contributed by atoms with Gasteiger partial charge in [-0.15, -0.1) is 0 Å². The predicted molar refractivity (Wildman–Crippen MR) is 80.5 cm³/mol. The maximum Gasteiger partial charge on any atom is 0.195 e. The fourth-order valence-electron chi connectivity index (χ4n) is 2.37. The molecule has 102 valence electrons. The van der Waals surface area contributed by atoms with Gasteiger partial charge in [-0.05, 0) is 36.6 Å². The molecule has 3 nitrogen and oxygen atoms in total. The fourth-order valence-corrected chi connectivity index (χ4v) is 2.37. The van der Waals surface area contributed by atoms with Crippen molar-refractivity contribution in [2.24, 2.45) is 5.73 Å². The average Bonchev–Trinajstić information content (AvgIpc) is 2.87. The van der Waals surface area contributed by atoms with Gasteiger partial charge in [0.05, 0.1) is 0 Å². The first-order valence-electron chi connectivity index (χ1n) is 6.88. The molecular weight excluding hydrogens is 248 g/mol. The summed E-state index contributed by atoms with van der Waals surface area (Å²) in [6.07, 6.45) is 1.76. The van der Waals surface area contributed by atoms with Gasteiger partial charge in [-0.1, -0.05) is 35.9 Å². The summed E-state index contributed by atoms with van der Waals surface area (Å²) in [5.74, 6) is 0.788. The highest BCUT2D eigenvalue weighted by Crippen LogP contribution is 2.18. The summed E-state index contributed by atoms with van der Waals surface area (Å²) in [6.45, 7) is 2.64. The third kappa shape index (κ3) is 2.73. The number of hydrogen-bond donors (Lipinski definition) is 1. The van der Waals surface area contributed by atoms with E-state index in [0.717, 1.165) is 35.4 Å². The molecule has 0 fully saturated rings. The van der Waals surface area contributed by atoms with Gasteiger partial charge in [-0.25, -0.2) is 4.98 Å². The van der Waals surface area contributed by atoms with Gasteiger partial charge in [0.15, 0.2) is 11.5 Å². The fraction of sp³-hybridized carbons (Fsp3) is 0.235. The highest BCUT2D eigenvalue weighted by atomic mass is 16.3. The molecule has 2 N–H and O–H groups in total. The minimum atomic E-state index is 0.529. The van der Waals surface area contributed by atoms with Gasteiger partial charge in [0.2, 0.25) is 0 Å². The Morgan fingerprint density at radius 3 is 2.75 bits per heavy atom. The number of fused-ring (bicyclic) bond motifs is 1. The first kappa shape index (κ1) is 12.9. The van der Waals surface area contributed by atoms with E-state index in [1.165, 1.54) is 11.1 Å². The molecule has 0 saturated heterocycles. The first-order valence-corrected chi connectivity index (χ1v) is 6.88. The number of nitrogens with two attached hydrogens (primary N) is 1. The molecule has 0 atom stereocenters. The van der Waals surface area contributed by atoms with Crippen molar-refractivity contribution in [3.8, 4) is 0 Å². The lowest BCUT2D eigenvalue weighted by Gasteiger charge is -1.99. The van der Waals surface area contributed by atoms with Crippen LogP contribution in [0.4, 0.5) is 0 Å². The molecule has 0 bridgehead atoms. The van der Waals surface area contributed by atoms with Crippen LogP contribution in [0, 0.1) is 6.92 Å². The van der Waals surface area contributed by atoms with E-state index < -0.39 is 0 Å². The zero-order valence-corrected chi connectivity index (χ0v) is 11.6. The van der Waals surface area contributed by atoms with Crippen LogP contribution in [0.25, 0.3) is 11.1 Å². The standard InChI is InChI=1S/C17H18N2O/c1-12-3-2-4-13(9-12)6-8-17-19-15-10-14(11-18)5-7-16(15)20-17/h2-5,7,9-10H,6,8,11,18H2,1H3. The lowest BCUT2D eigenvalue weighted by atomic mass is 10.1. The Morgan fingerprint density at radius 1 is 1.05 bits per heavy atom. The van der Waals surface area contributed by atoms with Crippen molar-refractivity contribution in [3.63, 3.8) is 0 Å². The molecule has 1 aromatic heterocycles. The minimum absolute atomic E-state index is 0.529. The molecule has 0 amide bonds. The van der Waals surface area contributed by atoms with Crippen LogP contribution in [0.5, 0.6) is 0 Å². The highest BCUT2D eigenvalue weighted by molar-refractivity contribution is 5.73. The Kier molecular flexibility index (Phi) is 3.52. The van der Waals surface area contributed by atoms with E-state index >= 15 is 0 Å². The molecule has 0 aliphatic heterocycles. The largest absolute Gasteiger partial charge is 0.441 e. The van der Waals surface area contributed by atoms with Gasteiger partial charge < -0.3 is 10.2 Å². The Balaban J connectivity index is 1.77. The van der Waals surface area contributed by atoms with Gasteiger partial charge in [0.25, 0.3) is 0 Å². The highest BCUT2D eigenvalue weighted by Gasteiger charge is 2.06. The van der Waals surface area contributed by atoms with E-state index in [4.69, 9.17) is 10.2 Å². The number of benzene rings is 2. The van der Waals surface area contributed by atoms with Crippen LogP contribution in [0.15, 0.2) is 46.9 Å². The summed E-state index contributed by atoms with van der Waals surface area (Å²) in [7, 11) is 0. The third-order valence-electron chi connectivity index (χ3n) is 3.44. The number of aryl methyl sites for hydroxylation is 3. The van der Waals surface area contributed by atoms with Gasteiger partial charge in [-0.2, -0.15) is 0 Å². The molecule has 0 unspecified atom stereocenters. The molecule has 2 aromatic carbocycles. The number of nitrogens with zero attached hydrogens (tertiary/aromatic N) is 1. The maximum absolute atomic E-state index is 5.77. The van der Waals surface area contributed by atoms with Crippen molar-refractivity contribution in [3.05, 3.63) is 65.0 Å². The average molecular weight is 266 g/mol. The molecule has 0 aliphatic carbocycles. The molecule has 3 heteroatoms. The number of hydrogen-bond acceptors (Lipinski definition) is 3. The van der Waals surface area contributed by atoms with Crippen LogP contribution in [-0.4, -0.2) is 4.98 Å². The van der Waals surface area contributed by atoms with Crippen LogP contribution in [0.1, 0.15) is 22.6 Å². The molecule has 0 spiro atoms. The number of aromatic nitrogens is 1. The Morgan fingerprint density at radius 2 is 1.95 bits per heavy atom. The zero-order chi connectivity index (χ0) is 13.9. The van der Waals surface area contributed by atoms with E-state index in [0.29, 0.717) is 6.54 Å². The van der Waals surface area contributed by atoms with Crippen molar-refractivity contribution >= 4 is 11.1 Å². The van der Waals surface area contributed by atoms with Gasteiger partial charge in [-0.3, -0.25) is 0 Å². The van der Waals surface area contributed by atoms with E-state index in [1.807, 2.05) is 18.2 Å². The monoisotopic (exact) mass is 266 g/mol. The second-order valence-electron chi connectivity index (χ2n) is 5.10.